The number of hydrogen-bond donors (Lipinski definition) is 2. The van der Waals surface area contributed by atoms with Gasteiger partial charge in [0.1, 0.15) is 6.04 Å². The molecule has 2 N–H and O–H groups in total. The van der Waals surface area contributed by atoms with Crippen LogP contribution >= 0.6 is 0 Å². The minimum Gasteiger partial charge on any atom is -0.436 e. The maximum absolute atomic E-state index is 12.9. The maximum Gasteiger partial charge on any atom is 0.412 e. The van der Waals surface area contributed by atoms with Gasteiger partial charge in [0.25, 0.3) is 5.91 Å². The molecule has 0 saturated carbocycles. The number of hydrogen-bond acceptors (Lipinski definition) is 6. The molecule has 9 nitrogen and oxygen atoms in total. The number of nitrogens with zero attached hydrogens (tertiary/aromatic N) is 1. The van der Waals surface area contributed by atoms with Crippen LogP contribution in [0.15, 0.2) is 18.2 Å². The molecule has 1 fully saturated rings. The predicted molar refractivity (Wildman–Crippen MR) is 127 cm³/mol. The van der Waals surface area contributed by atoms with Crippen molar-refractivity contribution in [2.24, 2.45) is 0 Å². The highest BCUT2D eigenvalue weighted by Gasteiger charge is 2.36. The second-order valence-electron chi connectivity index (χ2n) is 5.69. The van der Waals surface area contributed by atoms with Crippen LogP contribution in [0, 0.1) is 19.3 Å². The monoisotopic (exact) mass is 461 g/mol. The van der Waals surface area contributed by atoms with E-state index in [-0.39, 0.29) is 37.1 Å². The van der Waals surface area contributed by atoms with Gasteiger partial charge in [0.05, 0.1) is 11.3 Å². The number of ether oxygens (including phenoxy) is 1. The molecule has 33 heavy (non-hydrogen) atoms. The summed E-state index contributed by atoms with van der Waals surface area (Å²) in [5, 5.41) is 4.49. The van der Waals surface area contributed by atoms with E-state index in [1.165, 1.54) is 6.07 Å². The fraction of sp³-hybridized carbons (Fsp3) is 0.458. The molecule has 0 spiro atoms. The zero-order valence-corrected chi connectivity index (χ0v) is 20.5. The molecular formula is C24H35N3O6. The summed E-state index contributed by atoms with van der Waals surface area (Å²) in [5.41, 5.74) is 0.585. The van der Waals surface area contributed by atoms with E-state index in [4.69, 9.17) is 11.2 Å². The third-order valence-electron chi connectivity index (χ3n) is 3.90. The first-order valence-corrected chi connectivity index (χ1v) is 11.0. The Bertz CT molecular complexity index is 845. The first-order valence-electron chi connectivity index (χ1n) is 11.0. The highest BCUT2D eigenvalue weighted by atomic mass is 16.5. The van der Waals surface area contributed by atoms with E-state index in [0.29, 0.717) is 10.5 Å². The van der Waals surface area contributed by atoms with Gasteiger partial charge in [-0.05, 0) is 25.0 Å². The molecule has 1 saturated heterocycles. The molecule has 1 aromatic carbocycles. The number of rotatable bonds is 5. The van der Waals surface area contributed by atoms with Crippen LogP contribution in [0.3, 0.4) is 0 Å². The van der Waals surface area contributed by atoms with Gasteiger partial charge >= 0.3 is 6.09 Å². The molecule has 0 bridgehead atoms. The van der Waals surface area contributed by atoms with Crippen molar-refractivity contribution in [3.63, 3.8) is 0 Å². The average Bonchev–Trinajstić information content (AvgIpc) is 2.83. The average molecular weight is 462 g/mol. The smallest absolute Gasteiger partial charge is 0.412 e. The van der Waals surface area contributed by atoms with E-state index in [9.17, 15) is 24.0 Å². The minimum atomic E-state index is -1.12. The van der Waals surface area contributed by atoms with Crippen LogP contribution in [-0.4, -0.2) is 47.8 Å². The van der Waals surface area contributed by atoms with Crippen LogP contribution in [0.2, 0.25) is 0 Å². The van der Waals surface area contributed by atoms with Crippen molar-refractivity contribution >= 4 is 35.9 Å². The van der Waals surface area contributed by atoms with Gasteiger partial charge in [0, 0.05) is 6.42 Å². The molecule has 2 rings (SSSR count). The highest BCUT2D eigenvalue weighted by Crippen LogP contribution is 2.24. The van der Waals surface area contributed by atoms with Gasteiger partial charge in [-0.15, -0.1) is 6.42 Å². The lowest BCUT2D eigenvalue weighted by Gasteiger charge is -2.29. The summed E-state index contributed by atoms with van der Waals surface area (Å²) < 4.78 is 4.72. The van der Waals surface area contributed by atoms with E-state index in [2.05, 4.69) is 16.6 Å². The summed E-state index contributed by atoms with van der Waals surface area (Å²) in [7, 11) is 0. The number of carbonyl (C=O) groups excluding carboxylic acids is 5. The van der Waals surface area contributed by atoms with Gasteiger partial charge in [0.15, 0.2) is 6.61 Å². The SMILES string of the molecule is C#CCOC(=O)Nc1cccc(C)c1C(=O)N(C=O)C1CCC(=O)NC1=O.CC.CC.CC. The molecule has 0 aliphatic carbocycles. The van der Waals surface area contributed by atoms with Crippen molar-refractivity contribution < 1.29 is 28.7 Å². The molecule has 1 aromatic rings. The van der Waals surface area contributed by atoms with Crippen molar-refractivity contribution in [3.8, 4) is 12.3 Å². The van der Waals surface area contributed by atoms with Crippen molar-refractivity contribution in [3.05, 3.63) is 29.3 Å². The lowest BCUT2D eigenvalue weighted by molar-refractivity contribution is -0.139. The van der Waals surface area contributed by atoms with E-state index < -0.39 is 29.9 Å². The number of benzene rings is 1. The number of anilines is 1. The van der Waals surface area contributed by atoms with Crippen LogP contribution in [0.25, 0.3) is 0 Å². The molecule has 0 radical (unpaired) electrons. The third kappa shape index (κ3) is 9.56. The van der Waals surface area contributed by atoms with Gasteiger partial charge < -0.3 is 4.74 Å². The lowest BCUT2D eigenvalue weighted by Crippen LogP contribution is -2.54. The van der Waals surface area contributed by atoms with Crippen LogP contribution in [-0.2, 0) is 19.1 Å². The van der Waals surface area contributed by atoms with Crippen LogP contribution in [0.5, 0.6) is 0 Å². The molecule has 5 amide bonds. The van der Waals surface area contributed by atoms with Gasteiger partial charge in [-0.25, -0.2) is 4.79 Å². The zero-order chi connectivity index (χ0) is 26.0. The first-order chi connectivity index (χ1) is 15.9. The van der Waals surface area contributed by atoms with Crippen LogP contribution < -0.4 is 10.6 Å². The summed E-state index contributed by atoms with van der Waals surface area (Å²) in [4.78, 5) is 60.3. The van der Waals surface area contributed by atoms with Crippen molar-refractivity contribution in [2.75, 3.05) is 11.9 Å². The first kappa shape index (κ1) is 31.5. The number of imide groups is 2. The number of amides is 5. The third-order valence-corrected chi connectivity index (χ3v) is 3.90. The Morgan fingerprint density at radius 2 is 1.82 bits per heavy atom. The molecule has 0 aromatic heterocycles. The van der Waals surface area contributed by atoms with E-state index in [1.54, 1.807) is 19.1 Å². The molecule has 182 valence electrons. The minimum absolute atomic E-state index is 0.00528. The Balaban J connectivity index is 0. The summed E-state index contributed by atoms with van der Waals surface area (Å²) in [5.74, 6) is 0.147. The Morgan fingerprint density at radius 3 is 2.33 bits per heavy atom. The van der Waals surface area contributed by atoms with E-state index in [1.807, 2.05) is 41.5 Å². The van der Waals surface area contributed by atoms with Crippen molar-refractivity contribution in [2.45, 2.75) is 67.3 Å². The van der Waals surface area contributed by atoms with E-state index in [0.717, 1.165) is 0 Å². The van der Waals surface area contributed by atoms with Gasteiger partial charge in [-0.2, -0.15) is 0 Å². The predicted octanol–water partition coefficient (Wildman–Crippen LogP) is 3.66. The number of carbonyl (C=O) groups is 5. The number of nitrogens with one attached hydrogen (secondary N) is 2. The Labute approximate surface area is 196 Å². The zero-order valence-electron chi connectivity index (χ0n) is 20.5. The topological polar surface area (TPSA) is 122 Å². The second-order valence-corrected chi connectivity index (χ2v) is 5.69. The highest BCUT2D eigenvalue weighted by molar-refractivity contribution is 6.10. The van der Waals surface area contributed by atoms with Crippen molar-refractivity contribution in [1.29, 1.82) is 0 Å². The number of terminal acetylenes is 1. The van der Waals surface area contributed by atoms with Gasteiger partial charge in [-0.3, -0.25) is 34.7 Å². The molecule has 1 aliphatic rings. The maximum atomic E-state index is 12.9. The fourth-order valence-electron chi connectivity index (χ4n) is 2.65. The molecule has 1 unspecified atom stereocenters. The molecule has 1 heterocycles. The molecule has 1 atom stereocenters. The van der Waals surface area contributed by atoms with Gasteiger partial charge in [0.2, 0.25) is 18.2 Å². The fourth-order valence-corrected chi connectivity index (χ4v) is 2.65. The molecule has 1 aliphatic heterocycles. The Kier molecular flexibility index (Phi) is 17.1. The molecule has 9 heteroatoms. The summed E-state index contributed by atoms with van der Waals surface area (Å²) in [6.45, 7) is 13.4. The molecular weight excluding hydrogens is 426 g/mol. The standard InChI is InChI=1S/C18H17N3O6.3C2H6/c1-3-9-27-18(26)19-12-6-4-5-11(2)15(12)17(25)21(10-22)13-7-8-14(23)20-16(13)24;3*1-2/h1,4-6,10,13H,7-9H2,2H3,(H,19,26)(H,20,23,24);3*1-2H3. The lowest BCUT2D eigenvalue weighted by atomic mass is 10.0. The number of piperidine rings is 1. The summed E-state index contributed by atoms with van der Waals surface area (Å²) in [6.07, 6.45) is 4.41. The van der Waals surface area contributed by atoms with Crippen LogP contribution in [0.4, 0.5) is 10.5 Å². The number of aryl methyl sites for hydroxylation is 1. The quantitative estimate of drug-likeness (QED) is 0.392. The summed E-state index contributed by atoms with van der Waals surface area (Å²) >= 11 is 0. The van der Waals surface area contributed by atoms with Crippen LogP contribution in [0.1, 0.15) is 70.3 Å². The van der Waals surface area contributed by atoms with Crippen molar-refractivity contribution in [1.82, 2.24) is 10.2 Å². The summed E-state index contributed by atoms with van der Waals surface area (Å²) in [6, 6.07) is 3.54. The second kappa shape index (κ2) is 18.0. The largest absolute Gasteiger partial charge is 0.436 e. The Morgan fingerprint density at radius 1 is 1.21 bits per heavy atom. The normalized spacial score (nSPS) is 13.6. The van der Waals surface area contributed by atoms with Gasteiger partial charge in [-0.1, -0.05) is 59.6 Å². The van der Waals surface area contributed by atoms with E-state index >= 15 is 0 Å². The Hall–Kier alpha value is -3.67.